The van der Waals surface area contributed by atoms with Crippen molar-refractivity contribution in [2.24, 2.45) is 5.92 Å². The molecular formula is C13H20INO. The Morgan fingerprint density at radius 2 is 2.00 bits per heavy atom. The summed E-state index contributed by atoms with van der Waals surface area (Å²) in [4.78, 5) is 0. The zero-order valence-electron chi connectivity index (χ0n) is 9.75. The van der Waals surface area contributed by atoms with Gasteiger partial charge in [0.15, 0.2) is 0 Å². The fourth-order valence-corrected chi connectivity index (χ4v) is 2.02. The minimum atomic E-state index is 0.295. The van der Waals surface area contributed by atoms with Crippen LogP contribution in [0.2, 0.25) is 0 Å². The van der Waals surface area contributed by atoms with Crippen LogP contribution in [0.3, 0.4) is 0 Å². The minimum absolute atomic E-state index is 0.295. The Bertz CT molecular complexity index is 286. The molecule has 1 unspecified atom stereocenters. The van der Waals surface area contributed by atoms with Gasteiger partial charge in [-0.1, -0.05) is 25.5 Å². The van der Waals surface area contributed by atoms with Gasteiger partial charge in [-0.25, -0.2) is 0 Å². The Hall–Kier alpha value is -0.130. The van der Waals surface area contributed by atoms with Crippen LogP contribution in [0, 0.1) is 9.49 Å². The second-order valence-electron chi connectivity index (χ2n) is 4.04. The maximum atomic E-state index is 8.89. The van der Waals surface area contributed by atoms with Crippen molar-refractivity contribution < 1.29 is 5.11 Å². The molecule has 2 N–H and O–H groups in total. The summed E-state index contributed by atoms with van der Waals surface area (Å²) < 4.78 is 1.27. The van der Waals surface area contributed by atoms with Crippen LogP contribution in [0.1, 0.15) is 25.3 Å². The van der Waals surface area contributed by atoms with Crippen molar-refractivity contribution in [3.8, 4) is 0 Å². The van der Waals surface area contributed by atoms with Crippen molar-refractivity contribution in [1.29, 1.82) is 0 Å². The molecule has 16 heavy (non-hydrogen) atoms. The van der Waals surface area contributed by atoms with Crippen LogP contribution < -0.4 is 5.32 Å². The first-order valence-electron chi connectivity index (χ1n) is 5.82. The number of benzene rings is 1. The van der Waals surface area contributed by atoms with E-state index in [9.17, 15) is 0 Å². The van der Waals surface area contributed by atoms with E-state index in [1.54, 1.807) is 0 Å². The maximum Gasteiger partial charge on any atom is 0.0434 e. The van der Waals surface area contributed by atoms with Crippen LogP contribution in [0.5, 0.6) is 0 Å². The van der Waals surface area contributed by atoms with Gasteiger partial charge in [0, 0.05) is 16.7 Å². The van der Waals surface area contributed by atoms with Gasteiger partial charge in [-0.15, -0.1) is 0 Å². The van der Waals surface area contributed by atoms with Crippen LogP contribution >= 0.6 is 22.6 Å². The van der Waals surface area contributed by atoms with Gasteiger partial charge in [0.1, 0.15) is 0 Å². The lowest BCUT2D eigenvalue weighted by Crippen LogP contribution is -2.22. The third kappa shape index (κ3) is 5.27. The van der Waals surface area contributed by atoms with E-state index in [0.29, 0.717) is 12.5 Å². The molecule has 0 spiro atoms. The summed E-state index contributed by atoms with van der Waals surface area (Å²) in [6.45, 7) is 4.37. The summed E-state index contributed by atoms with van der Waals surface area (Å²) in [5.74, 6) is 0.592. The molecule has 0 heterocycles. The molecular weight excluding hydrogens is 313 g/mol. The topological polar surface area (TPSA) is 32.3 Å². The SMILES string of the molecule is CCC(CCO)CNCc1ccc(I)cc1. The molecule has 0 aromatic heterocycles. The van der Waals surface area contributed by atoms with Gasteiger partial charge >= 0.3 is 0 Å². The Kier molecular flexibility index (Phi) is 7.00. The highest BCUT2D eigenvalue weighted by Gasteiger charge is 2.04. The number of halogens is 1. The molecule has 1 rings (SSSR count). The summed E-state index contributed by atoms with van der Waals surface area (Å²) in [6, 6.07) is 8.56. The first-order valence-corrected chi connectivity index (χ1v) is 6.90. The Morgan fingerprint density at radius 3 is 2.56 bits per heavy atom. The van der Waals surface area contributed by atoms with E-state index in [-0.39, 0.29) is 0 Å². The summed E-state index contributed by atoms with van der Waals surface area (Å²) >= 11 is 2.31. The molecule has 0 amide bonds. The predicted octanol–water partition coefficient (Wildman–Crippen LogP) is 2.79. The Labute approximate surface area is 112 Å². The molecule has 0 fully saturated rings. The molecule has 2 nitrogen and oxygen atoms in total. The summed E-state index contributed by atoms with van der Waals surface area (Å²) in [5, 5.41) is 12.3. The van der Waals surface area contributed by atoms with Crippen molar-refractivity contribution in [2.45, 2.75) is 26.3 Å². The predicted molar refractivity (Wildman–Crippen MR) is 76.3 cm³/mol. The van der Waals surface area contributed by atoms with Gasteiger partial charge in [-0.2, -0.15) is 0 Å². The fraction of sp³-hybridized carbons (Fsp3) is 0.538. The second kappa shape index (κ2) is 8.03. The van der Waals surface area contributed by atoms with E-state index >= 15 is 0 Å². The average molecular weight is 333 g/mol. The zero-order valence-corrected chi connectivity index (χ0v) is 11.9. The largest absolute Gasteiger partial charge is 0.396 e. The van der Waals surface area contributed by atoms with Gasteiger partial charge < -0.3 is 10.4 Å². The molecule has 0 saturated carbocycles. The first-order chi connectivity index (χ1) is 7.76. The molecule has 3 heteroatoms. The van der Waals surface area contributed by atoms with Gasteiger partial charge in [-0.3, -0.25) is 0 Å². The number of rotatable bonds is 7. The van der Waals surface area contributed by atoms with Gasteiger partial charge in [-0.05, 0) is 59.2 Å². The number of hydrogen-bond donors (Lipinski definition) is 2. The third-order valence-corrected chi connectivity index (χ3v) is 3.51. The molecule has 1 atom stereocenters. The van der Waals surface area contributed by atoms with Crippen molar-refractivity contribution >= 4 is 22.6 Å². The molecule has 0 bridgehead atoms. The Morgan fingerprint density at radius 1 is 1.31 bits per heavy atom. The second-order valence-corrected chi connectivity index (χ2v) is 5.29. The van der Waals surface area contributed by atoms with Gasteiger partial charge in [0.25, 0.3) is 0 Å². The van der Waals surface area contributed by atoms with E-state index in [1.165, 1.54) is 9.13 Å². The highest BCUT2D eigenvalue weighted by atomic mass is 127. The molecule has 1 aromatic carbocycles. The Balaban J connectivity index is 2.26. The van der Waals surface area contributed by atoms with Crippen molar-refractivity contribution in [3.63, 3.8) is 0 Å². The van der Waals surface area contributed by atoms with E-state index in [0.717, 1.165) is 25.9 Å². The van der Waals surface area contributed by atoms with E-state index in [4.69, 9.17) is 5.11 Å². The number of aliphatic hydroxyl groups excluding tert-OH is 1. The van der Waals surface area contributed by atoms with E-state index in [1.807, 2.05) is 0 Å². The molecule has 0 aliphatic heterocycles. The quantitative estimate of drug-likeness (QED) is 0.752. The van der Waals surface area contributed by atoms with Crippen LogP contribution in [-0.4, -0.2) is 18.3 Å². The maximum absolute atomic E-state index is 8.89. The van der Waals surface area contributed by atoms with Crippen LogP contribution in [0.15, 0.2) is 24.3 Å². The smallest absolute Gasteiger partial charge is 0.0434 e. The standard InChI is InChI=1S/C13H20INO/c1-2-11(7-8-16)9-15-10-12-3-5-13(14)6-4-12/h3-6,11,15-16H,2,7-10H2,1H3. The van der Waals surface area contributed by atoms with Gasteiger partial charge in [0.2, 0.25) is 0 Å². The number of nitrogens with one attached hydrogen (secondary N) is 1. The fourth-order valence-electron chi connectivity index (χ4n) is 1.66. The van der Waals surface area contributed by atoms with Crippen LogP contribution in [0.4, 0.5) is 0 Å². The molecule has 0 aliphatic carbocycles. The van der Waals surface area contributed by atoms with E-state index < -0.39 is 0 Å². The van der Waals surface area contributed by atoms with Crippen molar-refractivity contribution in [1.82, 2.24) is 5.32 Å². The molecule has 0 radical (unpaired) electrons. The number of aliphatic hydroxyl groups is 1. The lowest BCUT2D eigenvalue weighted by atomic mass is 10.0. The van der Waals surface area contributed by atoms with E-state index in [2.05, 4.69) is 59.1 Å². The monoisotopic (exact) mass is 333 g/mol. The summed E-state index contributed by atoms with van der Waals surface area (Å²) in [5.41, 5.74) is 1.32. The zero-order chi connectivity index (χ0) is 11.8. The lowest BCUT2D eigenvalue weighted by Gasteiger charge is -2.14. The minimum Gasteiger partial charge on any atom is -0.396 e. The number of hydrogen-bond acceptors (Lipinski definition) is 2. The summed E-state index contributed by atoms with van der Waals surface area (Å²) in [7, 11) is 0. The highest BCUT2D eigenvalue weighted by molar-refractivity contribution is 14.1. The third-order valence-electron chi connectivity index (χ3n) is 2.79. The average Bonchev–Trinajstić information content (AvgIpc) is 2.30. The molecule has 90 valence electrons. The van der Waals surface area contributed by atoms with Gasteiger partial charge in [0.05, 0.1) is 0 Å². The molecule has 0 saturated heterocycles. The first kappa shape index (κ1) is 13.9. The summed E-state index contributed by atoms with van der Waals surface area (Å²) in [6.07, 6.45) is 2.02. The highest BCUT2D eigenvalue weighted by Crippen LogP contribution is 2.08. The van der Waals surface area contributed by atoms with Crippen LogP contribution in [-0.2, 0) is 6.54 Å². The van der Waals surface area contributed by atoms with Crippen molar-refractivity contribution in [3.05, 3.63) is 33.4 Å². The van der Waals surface area contributed by atoms with Crippen LogP contribution in [0.25, 0.3) is 0 Å². The molecule has 1 aromatic rings. The lowest BCUT2D eigenvalue weighted by molar-refractivity contribution is 0.251. The van der Waals surface area contributed by atoms with Crippen molar-refractivity contribution in [2.75, 3.05) is 13.2 Å². The molecule has 0 aliphatic rings. The normalized spacial score (nSPS) is 12.7.